The standard InChI is InChI=1S/C17H20FN/c1-3-7-17(14-8-5-4-6-9-14)19-16-11-13(2)10-15(18)12-16/h4-6,8-12,17,19H,3,7H2,1-2H3. The molecule has 0 bridgehead atoms. The van der Waals surface area contributed by atoms with E-state index in [0.717, 1.165) is 24.1 Å². The molecule has 2 aromatic carbocycles. The Morgan fingerprint density at radius 3 is 2.47 bits per heavy atom. The molecule has 0 aliphatic heterocycles. The Kier molecular flexibility index (Phi) is 4.56. The van der Waals surface area contributed by atoms with Gasteiger partial charge in [0, 0.05) is 5.69 Å². The second-order valence-electron chi connectivity index (χ2n) is 4.91. The van der Waals surface area contributed by atoms with Crippen LogP contribution in [-0.4, -0.2) is 0 Å². The number of aryl methyl sites for hydroxylation is 1. The Bertz CT molecular complexity index is 502. The highest BCUT2D eigenvalue weighted by atomic mass is 19.1. The summed E-state index contributed by atoms with van der Waals surface area (Å²) in [5.41, 5.74) is 3.02. The van der Waals surface area contributed by atoms with Crippen molar-refractivity contribution in [3.63, 3.8) is 0 Å². The highest BCUT2D eigenvalue weighted by molar-refractivity contribution is 5.48. The van der Waals surface area contributed by atoms with Gasteiger partial charge in [-0.15, -0.1) is 0 Å². The summed E-state index contributed by atoms with van der Waals surface area (Å²) in [6, 6.07) is 15.6. The number of anilines is 1. The van der Waals surface area contributed by atoms with Gasteiger partial charge in [-0.25, -0.2) is 4.39 Å². The summed E-state index contributed by atoms with van der Waals surface area (Å²) in [7, 11) is 0. The smallest absolute Gasteiger partial charge is 0.125 e. The van der Waals surface area contributed by atoms with Crippen LogP contribution in [0.25, 0.3) is 0 Å². The molecule has 2 heteroatoms. The lowest BCUT2D eigenvalue weighted by Crippen LogP contribution is -2.10. The van der Waals surface area contributed by atoms with Gasteiger partial charge in [0.2, 0.25) is 0 Å². The van der Waals surface area contributed by atoms with Crippen molar-refractivity contribution in [3.05, 3.63) is 65.5 Å². The normalized spacial score (nSPS) is 12.2. The van der Waals surface area contributed by atoms with Gasteiger partial charge in [-0.1, -0.05) is 43.7 Å². The molecule has 19 heavy (non-hydrogen) atoms. The van der Waals surface area contributed by atoms with Gasteiger partial charge in [0.25, 0.3) is 0 Å². The maximum absolute atomic E-state index is 13.4. The maximum atomic E-state index is 13.4. The first-order valence-electron chi connectivity index (χ1n) is 6.77. The van der Waals surface area contributed by atoms with Crippen LogP contribution in [0.1, 0.15) is 36.9 Å². The third kappa shape index (κ3) is 3.82. The molecular formula is C17H20FN. The second kappa shape index (κ2) is 6.37. The van der Waals surface area contributed by atoms with Gasteiger partial charge in [0.05, 0.1) is 6.04 Å². The van der Waals surface area contributed by atoms with Crippen LogP contribution in [0.15, 0.2) is 48.5 Å². The summed E-state index contributed by atoms with van der Waals surface area (Å²) in [5, 5.41) is 3.44. The Labute approximate surface area is 114 Å². The lowest BCUT2D eigenvalue weighted by atomic mass is 10.0. The zero-order valence-electron chi connectivity index (χ0n) is 11.5. The molecule has 1 N–H and O–H groups in total. The fourth-order valence-corrected chi connectivity index (χ4v) is 2.32. The van der Waals surface area contributed by atoms with E-state index in [-0.39, 0.29) is 11.9 Å². The number of rotatable bonds is 5. The largest absolute Gasteiger partial charge is 0.378 e. The van der Waals surface area contributed by atoms with E-state index in [9.17, 15) is 4.39 Å². The summed E-state index contributed by atoms with van der Waals surface area (Å²) >= 11 is 0. The minimum absolute atomic E-state index is 0.189. The van der Waals surface area contributed by atoms with Gasteiger partial charge < -0.3 is 5.32 Å². The lowest BCUT2D eigenvalue weighted by molar-refractivity contribution is 0.625. The van der Waals surface area contributed by atoms with E-state index in [4.69, 9.17) is 0 Å². The Morgan fingerprint density at radius 1 is 1.11 bits per heavy atom. The predicted molar refractivity (Wildman–Crippen MR) is 78.9 cm³/mol. The van der Waals surface area contributed by atoms with E-state index >= 15 is 0 Å². The summed E-state index contributed by atoms with van der Waals surface area (Å²) in [5.74, 6) is -0.189. The van der Waals surface area contributed by atoms with Crippen molar-refractivity contribution in [1.82, 2.24) is 0 Å². The van der Waals surface area contributed by atoms with Gasteiger partial charge in [-0.3, -0.25) is 0 Å². The molecule has 0 fully saturated rings. The predicted octanol–water partition coefficient (Wildman–Crippen LogP) is 5.09. The average Bonchev–Trinajstić information content (AvgIpc) is 2.38. The third-order valence-electron chi connectivity index (χ3n) is 3.16. The molecular weight excluding hydrogens is 237 g/mol. The molecule has 0 radical (unpaired) electrons. The molecule has 2 rings (SSSR count). The van der Waals surface area contributed by atoms with Crippen molar-refractivity contribution in [2.75, 3.05) is 5.32 Å². The first-order valence-corrected chi connectivity index (χ1v) is 6.77. The molecule has 1 nitrogen and oxygen atoms in total. The van der Waals surface area contributed by atoms with Crippen molar-refractivity contribution >= 4 is 5.69 Å². The summed E-state index contributed by atoms with van der Waals surface area (Å²) < 4.78 is 13.4. The molecule has 2 aromatic rings. The van der Waals surface area contributed by atoms with Crippen molar-refractivity contribution in [3.8, 4) is 0 Å². The summed E-state index contributed by atoms with van der Waals surface area (Å²) in [6.45, 7) is 4.07. The zero-order valence-corrected chi connectivity index (χ0v) is 11.5. The minimum atomic E-state index is -0.189. The summed E-state index contributed by atoms with van der Waals surface area (Å²) in [6.07, 6.45) is 2.11. The third-order valence-corrected chi connectivity index (χ3v) is 3.16. The van der Waals surface area contributed by atoms with Crippen LogP contribution in [0, 0.1) is 12.7 Å². The Hall–Kier alpha value is -1.83. The fourth-order valence-electron chi connectivity index (χ4n) is 2.32. The Balaban J connectivity index is 2.21. The van der Waals surface area contributed by atoms with Crippen LogP contribution in [0.2, 0.25) is 0 Å². The molecule has 0 saturated carbocycles. The fraction of sp³-hybridized carbons (Fsp3) is 0.294. The zero-order chi connectivity index (χ0) is 13.7. The van der Waals surface area contributed by atoms with Gasteiger partial charge in [-0.2, -0.15) is 0 Å². The van der Waals surface area contributed by atoms with Gasteiger partial charge in [0.15, 0.2) is 0 Å². The number of hydrogen-bond acceptors (Lipinski definition) is 1. The molecule has 0 aromatic heterocycles. The average molecular weight is 257 g/mol. The van der Waals surface area contributed by atoms with Gasteiger partial charge in [-0.05, 0) is 42.7 Å². The maximum Gasteiger partial charge on any atom is 0.125 e. The van der Waals surface area contributed by atoms with E-state index in [1.807, 2.05) is 31.2 Å². The summed E-state index contributed by atoms with van der Waals surface area (Å²) in [4.78, 5) is 0. The van der Waals surface area contributed by atoms with Crippen LogP contribution in [0.5, 0.6) is 0 Å². The minimum Gasteiger partial charge on any atom is -0.378 e. The van der Waals surface area contributed by atoms with Gasteiger partial charge in [0.1, 0.15) is 5.82 Å². The molecule has 0 saturated heterocycles. The van der Waals surface area contributed by atoms with Crippen LogP contribution in [-0.2, 0) is 0 Å². The molecule has 0 heterocycles. The molecule has 0 amide bonds. The van der Waals surface area contributed by atoms with Crippen molar-refractivity contribution in [1.29, 1.82) is 0 Å². The number of nitrogens with one attached hydrogen (secondary N) is 1. The Morgan fingerprint density at radius 2 is 1.84 bits per heavy atom. The highest BCUT2D eigenvalue weighted by Crippen LogP contribution is 2.24. The van der Waals surface area contributed by atoms with Crippen molar-refractivity contribution < 1.29 is 4.39 Å². The monoisotopic (exact) mass is 257 g/mol. The van der Waals surface area contributed by atoms with E-state index in [1.165, 1.54) is 5.56 Å². The topological polar surface area (TPSA) is 12.0 Å². The van der Waals surface area contributed by atoms with E-state index in [1.54, 1.807) is 12.1 Å². The van der Waals surface area contributed by atoms with Crippen molar-refractivity contribution in [2.45, 2.75) is 32.7 Å². The van der Waals surface area contributed by atoms with Crippen LogP contribution >= 0.6 is 0 Å². The number of hydrogen-bond donors (Lipinski definition) is 1. The van der Waals surface area contributed by atoms with Crippen LogP contribution < -0.4 is 5.32 Å². The van der Waals surface area contributed by atoms with Crippen molar-refractivity contribution in [2.24, 2.45) is 0 Å². The molecule has 0 spiro atoms. The van der Waals surface area contributed by atoms with Crippen LogP contribution in [0.3, 0.4) is 0 Å². The molecule has 1 unspecified atom stereocenters. The number of benzene rings is 2. The molecule has 1 atom stereocenters. The van der Waals surface area contributed by atoms with E-state index < -0.39 is 0 Å². The molecule has 0 aliphatic rings. The molecule has 0 aliphatic carbocycles. The second-order valence-corrected chi connectivity index (χ2v) is 4.91. The number of halogens is 1. The van der Waals surface area contributed by atoms with E-state index in [2.05, 4.69) is 24.4 Å². The van der Waals surface area contributed by atoms with E-state index in [0.29, 0.717) is 0 Å². The van der Waals surface area contributed by atoms with Gasteiger partial charge >= 0.3 is 0 Å². The SMILES string of the molecule is CCCC(Nc1cc(C)cc(F)c1)c1ccccc1. The lowest BCUT2D eigenvalue weighted by Gasteiger charge is -2.20. The quantitative estimate of drug-likeness (QED) is 0.787. The first kappa shape index (κ1) is 13.6. The first-order chi connectivity index (χ1) is 9.19. The highest BCUT2D eigenvalue weighted by Gasteiger charge is 2.10. The van der Waals surface area contributed by atoms with Crippen LogP contribution in [0.4, 0.5) is 10.1 Å². The molecule has 100 valence electrons.